The zero-order chi connectivity index (χ0) is 18.7. The SMILES string of the molecule is NC(=O)C1CCN(C(=O)CC[C@@H]2NC(=O)c3ccccc3NC2=O)CC1. The van der Waals surface area contributed by atoms with Gasteiger partial charge < -0.3 is 21.3 Å². The molecule has 2 aliphatic heterocycles. The first kappa shape index (κ1) is 17.9. The van der Waals surface area contributed by atoms with Crippen LogP contribution in [0.4, 0.5) is 5.69 Å². The third-order valence-electron chi connectivity index (χ3n) is 4.95. The molecule has 0 unspecified atom stereocenters. The van der Waals surface area contributed by atoms with Crippen LogP contribution in [0.15, 0.2) is 24.3 Å². The Hall–Kier alpha value is -2.90. The summed E-state index contributed by atoms with van der Waals surface area (Å²) >= 11 is 0. The first-order chi connectivity index (χ1) is 12.5. The van der Waals surface area contributed by atoms with Gasteiger partial charge in [-0.05, 0) is 31.4 Å². The Morgan fingerprint density at radius 3 is 2.54 bits per heavy atom. The van der Waals surface area contributed by atoms with Crippen LogP contribution in [-0.4, -0.2) is 47.7 Å². The van der Waals surface area contributed by atoms with E-state index in [1.54, 1.807) is 29.2 Å². The monoisotopic (exact) mass is 358 g/mol. The minimum absolute atomic E-state index is 0.0864. The van der Waals surface area contributed by atoms with E-state index in [9.17, 15) is 19.2 Å². The lowest BCUT2D eigenvalue weighted by Crippen LogP contribution is -2.44. The standard InChI is InChI=1S/C18H22N4O4/c19-16(24)11-7-9-22(10-8-11)15(23)6-5-14-18(26)20-13-4-2-1-3-12(13)17(25)21-14/h1-4,11,14H,5-10H2,(H2,19,24)(H,20,26)(H,21,25)/t14-/m0/s1. The maximum Gasteiger partial charge on any atom is 0.254 e. The van der Waals surface area contributed by atoms with Crippen molar-refractivity contribution in [3.8, 4) is 0 Å². The van der Waals surface area contributed by atoms with E-state index < -0.39 is 6.04 Å². The van der Waals surface area contributed by atoms with E-state index in [0.29, 0.717) is 37.2 Å². The number of nitrogens with two attached hydrogens (primary N) is 1. The maximum atomic E-state index is 12.4. The van der Waals surface area contributed by atoms with Crippen LogP contribution in [0.25, 0.3) is 0 Å². The number of carbonyl (C=O) groups is 4. The Kier molecular flexibility index (Phi) is 5.20. The van der Waals surface area contributed by atoms with Gasteiger partial charge in [0.25, 0.3) is 5.91 Å². The number of nitrogens with zero attached hydrogens (tertiary/aromatic N) is 1. The molecule has 0 radical (unpaired) electrons. The first-order valence-corrected chi connectivity index (χ1v) is 8.73. The van der Waals surface area contributed by atoms with Crippen LogP contribution < -0.4 is 16.4 Å². The number of primary amides is 1. The Morgan fingerprint density at radius 1 is 1.15 bits per heavy atom. The molecule has 0 aliphatic carbocycles. The number of para-hydroxylation sites is 1. The number of nitrogens with one attached hydrogen (secondary N) is 2. The largest absolute Gasteiger partial charge is 0.369 e. The third-order valence-corrected chi connectivity index (χ3v) is 4.95. The summed E-state index contributed by atoms with van der Waals surface area (Å²) in [6.07, 6.45) is 1.50. The van der Waals surface area contributed by atoms with Crippen molar-refractivity contribution >= 4 is 29.3 Å². The van der Waals surface area contributed by atoms with Gasteiger partial charge in [0.15, 0.2) is 0 Å². The summed E-state index contributed by atoms with van der Waals surface area (Å²) in [6, 6.07) is 6.02. The number of hydrogen-bond acceptors (Lipinski definition) is 4. The minimum atomic E-state index is -0.762. The zero-order valence-electron chi connectivity index (χ0n) is 14.4. The van der Waals surface area contributed by atoms with Gasteiger partial charge in [-0.2, -0.15) is 0 Å². The third kappa shape index (κ3) is 3.84. The number of likely N-dealkylation sites (tertiary alicyclic amines) is 1. The van der Waals surface area contributed by atoms with E-state index in [-0.39, 0.29) is 42.4 Å². The summed E-state index contributed by atoms with van der Waals surface area (Å²) in [4.78, 5) is 49.8. The lowest BCUT2D eigenvalue weighted by Gasteiger charge is -2.31. The average Bonchev–Trinajstić information content (AvgIpc) is 2.76. The fourth-order valence-corrected chi connectivity index (χ4v) is 3.35. The summed E-state index contributed by atoms with van der Waals surface area (Å²) in [5.41, 5.74) is 6.17. The van der Waals surface area contributed by atoms with Gasteiger partial charge >= 0.3 is 0 Å². The highest BCUT2D eigenvalue weighted by molar-refractivity contribution is 6.09. The minimum Gasteiger partial charge on any atom is -0.369 e. The quantitative estimate of drug-likeness (QED) is 0.714. The molecule has 1 fully saturated rings. The summed E-state index contributed by atoms with van der Waals surface area (Å²) in [5, 5.41) is 5.41. The molecular weight excluding hydrogens is 336 g/mol. The van der Waals surface area contributed by atoms with Crippen molar-refractivity contribution in [2.75, 3.05) is 18.4 Å². The highest BCUT2D eigenvalue weighted by Crippen LogP contribution is 2.21. The molecule has 8 heteroatoms. The van der Waals surface area contributed by atoms with Gasteiger partial charge in [-0.3, -0.25) is 19.2 Å². The lowest BCUT2D eigenvalue weighted by atomic mass is 9.96. The molecule has 8 nitrogen and oxygen atoms in total. The van der Waals surface area contributed by atoms with Crippen LogP contribution in [0.2, 0.25) is 0 Å². The number of fused-ring (bicyclic) bond motifs is 1. The number of benzene rings is 1. The van der Waals surface area contributed by atoms with Gasteiger partial charge in [-0.25, -0.2) is 0 Å². The van der Waals surface area contributed by atoms with Crippen molar-refractivity contribution < 1.29 is 19.2 Å². The second-order valence-electron chi connectivity index (χ2n) is 6.66. The molecule has 1 saturated heterocycles. The molecule has 0 spiro atoms. The normalized spacial score (nSPS) is 20.6. The van der Waals surface area contributed by atoms with Gasteiger partial charge in [0.05, 0.1) is 11.3 Å². The molecule has 1 atom stereocenters. The van der Waals surface area contributed by atoms with Crippen molar-refractivity contribution in [1.82, 2.24) is 10.2 Å². The Bertz CT molecular complexity index is 740. The van der Waals surface area contributed by atoms with E-state index in [0.717, 1.165) is 0 Å². The molecule has 0 aromatic heterocycles. The molecule has 4 amide bonds. The van der Waals surface area contributed by atoms with Crippen LogP contribution in [0, 0.1) is 5.92 Å². The van der Waals surface area contributed by atoms with Gasteiger partial charge in [0.2, 0.25) is 17.7 Å². The smallest absolute Gasteiger partial charge is 0.254 e. The molecule has 1 aromatic rings. The van der Waals surface area contributed by atoms with Gasteiger partial charge in [0.1, 0.15) is 6.04 Å². The average molecular weight is 358 g/mol. The number of anilines is 1. The second kappa shape index (κ2) is 7.55. The molecule has 138 valence electrons. The van der Waals surface area contributed by atoms with E-state index in [1.807, 2.05) is 0 Å². The number of rotatable bonds is 4. The van der Waals surface area contributed by atoms with E-state index in [4.69, 9.17) is 5.73 Å². The molecule has 3 rings (SSSR count). The fraction of sp³-hybridized carbons (Fsp3) is 0.444. The molecule has 0 bridgehead atoms. The summed E-state index contributed by atoms with van der Waals surface area (Å²) in [6.45, 7) is 0.974. The van der Waals surface area contributed by atoms with Gasteiger partial charge in [-0.1, -0.05) is 12.1 Å². The number of piperidine rings is 1. The van der Waals surface area contributed by atoms with Crippen molar-refractivity contribution in [2.45, 2.75) is 31.7 Å². The van der Waals surface area contributed by atoms with Crippen LogP contribution in [0.3, 0.4) is 0 Å². The summed E-state index contributed by atoms with van der Waals surface area (Å²) in [7, 11) is 0. The summed E-state index contributed by atoms with van der Waals surface area (Å²) in [5.74, 6) is -1.25. The first-order valence-electron chi connectivity index (χ1n) is 8.73. The van der Waals surface area contributed by atoms with E-state index in [2.05, 4.69) is 10.6 Å². The van der Waals surface area contributed by atoms with Crippen molar-refractivity contribution in [3.05, 3.63) is 29.8 Å². The van der Waals surface area contributed by atoms with Crippen molar-refractivity contribution in [1.29, 1.82) is 0 Å². The van der Waals surface area contributed by atoms with Crippen LogP contribution in [0.5, 0.6) is 0 Å². The predicted molar refractivity (Wildman–Crippen MR) is 94.1 cm³/mol. The fourth-order valence-electron chi connectivity index (χ4n) is 3.35. The number of carbonyl (C=O) groups excluding carboxylic acids is 4. The number of hydrogen-bond donors (Lipinski definition) is 3. The molecule has 2 heterocycles. The predicted octanol–water partition coefficient (Wildman–Crippen LogP) is 0.241. The molecule has 26 heavy (non-hydrogen) atoms. The highest BCUT2D eigenvalue weighted by Gasteiger charge is 2.30. The van der Waals surface area contributed by atoms with Gasteiger partial charge in [0, 0.05) is 25.4 Å². The van der Waals surface area contributed by atoms with Crippen LogP contribution in [-0.2, 0) is 14.4 Å². The zero-order valence-corrected chi connectivity index (χ0v) is 14.4. The Balaban J connectivity index is 1.55. The molecule has 2 aliphatic rings. The van der Waals surface area contributed by atoms with Gasteiger partial charge in [-0.15, -0.1) is 0 Å². The second-order valence-corrected chi connectivity index (χ2v) is 6.66. The summed E-state index contributed by atoms with van der Waals surface area (Å²) < 4.78 is 0. The van der Waals surface area contributed by atoms with E-state index >= 15 is 0 Å². The molecule has 0 saturated carbocycles. The van der Waals surface area contributed by atoms with Crippen molar-refractivity contribution in [2.24, 2.45) is 11.7 Å². The topological polar surface area (TPSA) is 122 Å². The molecular formula is C18H22N4O4. The Morgan fingerprint density at radius 2 is 1.85 bits per heavy atom. The Labute approximate surface area is 151 Å². The van der Waals surface area contributed by atoms with Crippen LogP contribution >= 0.6 is 0 Å². The lowest BCUT2D eigenvalue weighted by molar-refractivity contribution is -0.135. The highest BCUT2D eigenvalue weighted by atomic mass is 16.2. The molecule has 4 N–H and O–H groups in total. The maximum absolute atomic E-state index is 12.4. The number of amides is 4. The molecule has 1 aromatic carbocycles. The van der Waals surface area contributed by atoms with Crippen LogP contribution in [0.1, 0.15) is 36.0 Å². The van der Waals surface area contributed by atoms with E-state index in [1.165, 1.54) is 0 Å². The van der Waals surface area contributed by atoms with Crippen molar-refractivity contribution in [3.63, 3.8) is 0 Å².